The van der Waals surface area contributed by atoms with Gasteiger partial charge in [0, 0.05) is 6.54 Å². The van der Waals surface area contributed by atoms with Crippen LogP contribution >= 0.6 is 0 Å². The third-order valence-electron chi connectivity index (χ3n) is 1.86. The smallest absolute Gasteiger partial charge is 0.0914 e. The average Bonchev–Trinajstić information content (AvgIpc) is 2.06. The number of hydrogen-bond acceptors (Lipinski definition) is 2. The molecule has 0 unspecified atom stereocenters. The van der Waals surface area contributed by atoms with Gasteiger partial charge in [0.2, 0.25) is 0 Å². The van der Waals surface area contributed by atoms with Crippen molar-refractivity contribution in [2.45, 2.75) is 13.0 Å². The summed E-state index contributed by atoms with van der Waals surface area (Å²) in [6, 6.07) is 7.93. The number of rotatable bonds is 3. The highest BCUT2D eigenvalue weighted by molar-refractivity contribution is 5.23. The van der Waals surface area contributed by atoms with Crippen molar-refractivity contribution >= 4 is 0 Å². The van der Waals surface area contributed by atoms with E-state index in [2.05, 4.69) is 5.32 Å². The van der Waals surface area contributed by atoms with Gasteiger partial charge in [0.15, 0.2) is 0 Å². The standard InChI is InChI=1S/C10H15NO/c1-8-3-5-9(6-4-8)10(12)7-11-2/h3-6,10-12H,7H2,1-2H3/t10-/m1/s1. The lowest BCUT2D eigenvalue weighted by atomic mass is 10.1. The molecular weight excluding hydrogens is 150 g/mol. The summed E-state index contributed by atoms with van der Waals surface area (Å²) in [5.74, 6) is 0. The molecule has 0 radical (unpaired) electrons. The summed E-state index contributed by atoms with van der Waals surface area (Å²) >= 11 is 0. The van der Waals surface area contributed by atoms with Crippen LogP contribution in [0.4, 0.5) is 0 Å². The number of nitrogens with one attached hydrogen (secondary N) is 1. The predicted octanol–water partition coefficient (Wildman–Crippen LogP) is 1.25. The Morgan fingerprint density at radius 3 is 2.42 bits per heavy atom. The van der Waals surface area contributed by atoms with Crippen LogP contribution in [0.5, 0.6) is 0 Å². The minimum Gasteiger partial charge on any atom is -0.387 e. The van der Waals surface area contributed by atoms with E-state index in [0.29, 0.717) is 6.54 Å². The first-order chi connectivity index (χ1) is 5.74. The van der Waals surface area contributed by atoms with Crippen LogP contribution in [-0.4, -0.2) is 18.7 Å². The quantitative estimate of drug-likeness (QED) is 0.706. The van der Waals surface area contributed by atoms with Crippen molar-refractivity contribution < 1.29 is 5.11 Å². The van der Waals surface area contributed by atoms with Gasteiger partial charge in [-0.2, -0.15) is 0 Å². The normalized spacial score (nSPS) is 12.9. The number of aliphatic hydroxyl groups is 1. The highest BCUT2D eigenvalue weighted by atomic mass is 16.3. The van der Waals surface area contributed by atoms with Gasteiger partial charge in [-0.3, -0.25) is 0 Å². The van der Waals surface area contributed by atoms with E-state index in [-0.39, 0.29) is 0 Å². The Bertz CT molecular complexity index is 230. The van der Waals surface area contributed by atoms with Gasteiger partial charge in [-0.25, -0.2) is 0 Å². The summed E-state index contributed by atoms with van der Waals surface area (Å²) in [4.78, 5) is 0. The molecular formula is C10H15NO. The molecule has 0 saturated heterocycles. The van der Waals surface area contributed by atoms with Crippen molar-refractivity contribution in [3.63, 3.8) is 0 Å². The molecule has 0 fully saturated rings. The SMILES string of the molecule is CNC[C@@H](O)c1ccc(C)cc1. The molecule has 0 spiro atoms. The molecule has 1 atom stereocenters. The van der Waals surface area contributed by atoms with Gasteiger partial charge in [-0.05, 0) is 19.5 Å². The second kappa shape index (κ2) is 4.24. The van der Waals surface area contributed by atoms with E-state index in [1.807, 2.05) is 38.2 Å². The highest BCUT2D eigenvalue weighted by Crippen LogP contribution is 2.11. The minimum atomic E-state index is -0.393. The highest BCUT2D eigenvalue weighted by Gasteiger charge is 2.03. The zero-order valence-electron chi connectivity index (χ0n) is 7.54. The maximum absolute atomic E-state index is 9.55. The second-order valence-corrected chi connectivity index (χ2v) is 2.98. The molecule has 2 nitrogen and oxygen atoms in total. The van der Waals surface area contributed by atoms with Crippen LogP contribution in [-0.2, 0) is 0 Å². The molecule has 0 heterocycles. The Morgan fingerprint density at radius 1 is 1.33 bits per heavy atom. The van der Waals surface area contributed by atoms with Crippen LogP contribution in [0.15, 0.2) is 24.3 Å². The maximum Gasteiger partial charge on any atom is 0.0914 e. The van der Waals surface area contributed by atoms with Crippen LogP contribution in [0.25, 0.3) is 0 Å². The molecule has 0 bridgehead atoms. The van der Waals surface area contributed by atoms with Crippen LogP contribution in [0, 0.1) is 6.92 Å². The fraction of sp³-hybridized carbons (Fsp3) is 0.400. The van der Waals surface area contributed by atoms with Crippen molar-refractivity contribution in [2.75, 3.05) is 13.6 Å². The molecule has 0 amide bonds. The summed E-state index contributed by atoms with van der Waals surface area (Å²) < 4.78 is 0. The summed E-state index contributed by atoms with van der Waals surface area (Å²) in [5.41, 5.74) is 2.19. The fourth-order valence-corrected chi connectivity index (χ4v) is 1.10. The third kappa shape index (κ3) is 2.32. The third-order valence-corrected chi connectivity index (χ3v) is 1.86. The van der Waals surface area contributed by atoms with E-state index in [4.69, 9.17) is 0 Å². The van der Waals surface area contributed by atoms with Gasteiger partial charge >= 0.3 is 0 Å². The molecule has 0 aliphatic carbocycles. The molecule has 0 aromatic heterocycles. The monoisotopic (exact) mass is 165 g/mol. The van der Waals surface area contributed by atoms with E-state index >= 15 is 0 Å². The molecule has 66 valence electrons. The van der Waals surface area contributed by atoms with Crippen LogP contribution in [0.2, 0.25) is 0 Å². The van der Waals surface area contributed by atoms with Gasteiger partial charge < -0.3 is 10.4 Å². The molecule has 2 N–H and O–H groups in total. The lowest BCUT2D eigenvalue weighted by molar-refractivity contribution is 0.178. The lowest BCUT2D eigenvalue weighted by Gasteiger charge is -2.09. The lowest BCUT2D eigenvalue weighted by Crippen LogP contribution is -2.16. The fourth-order valence-electron chi connectivity index (χ4n) is 1.10. The zero-order chi connectivity index (χ0) is 8.97. The number of aryl methyl sites for hydroxylation is 1. The summed E-state index contributed by atoms with van der Waals surface area (Å²) in [7, 11) is 1.83. The largest absolute Gasteiger partial charge is 0.387 e. The number of likely N-dealkylation sites (N-methyl/N-ethyl adjacent to an activating group) is 1. The second-order valence-electron chi connectivity index (χ2n) is 2.98. The molecule has 12 heavy (non-hydrogen) atoms. The van der Waals surface area contributed by atoms with E-state index in [1.54, 1.807) is 0 Å². The number of hydrogen-bond donors (Lipinski definition) is 2. The topological polar surface area (TPSA) is 32.3 Å². The van der Waals surface area contributed by atoms with E-state index in [1.165, 1.54) is 5.56 Å². The number of aliphatic hydroxyl groups excluding tert-OH is 1. The summed E-state index contributed by atoms with van der Waals surface area (Å²) in [6.07, 6.45) is -0.393. The Kier molecular flexibility index (Phi) is 3.26. The van der Waals surface area contributed by atoms with Crippen LogP contribution in [0.3, 0.4) is 0 Å². The Hall–Kier alpha value is -0.860. The van der Waals surface area contributed by atoms with E-state index in [0.717, 1.165) is 5.56 Å². The predicted molar refractivity (Wildman–Crippen MR) is 50.1 cm³/mol. The Balaban J connectivity index is 2.68. The van der Waals surface area contributed by atoms with Crippen molar-refractivity contribution in [3.05, 3.63) is 35.4 Å². The van der Waals surface area contributed by atoms with Crippen LogP contribution in [0.1, 0.15) is 17.2 Å². The first-order valence-corrected chi connectivity index (χ1v) is 4.13. The van der Waals surface area contributed by atoms with E-state index < -0.39 is 6.10 Å². The van der Waals surface area contributed by atoms with Gasteiger partial charge in [0.25, 0.3) is 0 Å². The molecule has 1 aromatic carbocycles. The Morgan fingerprint density at radius 2 is 1.92 bits per heavy atom. The molecule has 1 rings (SSSR count). The average molecular weight is 165 g/mol. The summed E-state index contributed by atoms with van der Waals surface area (Å²) in [5, 5.41) is 12.5. The molecule has 0 saturated carbocycles. The van der Waals surface area contributed by atoms with Crippen molar-refractivity contribution in [3.8, 4) is 0 Å². The van der Waals surface area contributed by atoms with Crippen molar-refractivity contribution in [1.29, 1.82) is 0 Å². The maximum atomic E-state index is 9.55. The number of benzene rings is 1. The Labute approximate surface area is 73.2 Å². The first-order valence-electron chi connectivity index (χ1n) is 4.13. The molecule has 2 heteroatoms. The van der Waals surface area contributed by atoms with Gasteiger partial charge in [0.05, 0.1) is 6.10 Å². The van der Waals surface area contributed by atoms with E-state index in [9.17, 15) is 5.11 Å². The minimum absolute atomic E-state index is 0.393. The first kappa shape index (κ1) is 9.23. The van der Waals surface area contributed by atoms with Gasteiger partial charge in [-0.15, -0.1) is 0 Å². The van der Waals surface area contributed by atoms with Crippen LogP contribution < -0.4 is 5.32 Å². The van der Waals surface area contributed by atoms with Crippen molar-refractivity contribution in [2.24, 2.45) is 0 Å². The molecule has 0 aliphatic rings. The van der Waals surface area contributed by atoms with Gasteiger partial charge in [-0.1, -0.05) is 29.8 Å². The zero-order valence-corrected chi connectivity index (χ0v) is 7.54. The molecule has 1 aromatic rings. The summed E-state index contributed by atoms with van der Waals surface area (Å²) in [6.45, 7) is 2.64. The van der Waals surface area contributed by atoms with Crippen molar-refractivity contribution in [1.82, 2.24) is 5.32 Å². The van der Waals surface area contributed by atoms with Gasteiger partial charge in [0.1, 0.15) is 0 Å². The molecule has 0 aliphatic heterocycles.